The molecule has 7 heteroatoms. The van der Waals surface area contributed by atoms with E-state index >= 15 is 0 Å². The second kappa shape index (κ2) is 13.7. The van der Waals surface area contributed by atoms with Crippen LogP contribution in [0.4, 0.5) is 4.79 Å². The van der Waals surface area contributed by atoms with Crippen LogP contribution in [-0.2, 0) is 23.7 Å². The van der Waals surface area contributed by atoms with E-state index in [4.69, 9.17) is 18.9 Å². The lowest BCUT2D eigenvalue weighted by Gasteiger charge is -2.39. The van der Waals surface area contributed by atoms with E-state index in [0.29, 0.717) is 6.61 Å². The second-order valence-electron chi connectivity index (χ2n) is 8.92. The van der Waals surface area contributed by atoms with Gasteiger partial charge in [-0.3, -0.25) is 4.79 Å². The molecule has 0 spiro atoms. The average molecular weight is 428 g/mol. The number of hydrogen-bond acceptors (Lipinski definition) is 6. The van der Waals surface area contributed by atoms with Gasteiger partial charge in [-0.05, 0) is 33.6 Å². The van der Waals surface area contributed by atoms with Gasteiger partial charge in [0, 0.05) is 13.0 Å². The van der Waals surface area contributed by atoms with Gasteiger partial charge in [-0.1, -0.05) is 51.7 Å². The Labute approximate surface area is 181 Å². The minimum Gasteiger partial charge on any atom is -0.455 e. The Bertz CT molecular complexity index is 542. The number of carbonyl (C=O) groups excluding carboxylic acids is 2. The Balaban J connectivity index is 2.59. The molecular weight excluding hydrogens is 386 g/mol. The predicted molar refractivity (Wildman–Crippen MR) is 116 cm³/mol. The van der Waals surface area contributed by atoms with Gasteiger partial charge in [0.2, 0.25) is 0 Å². The number of methoxy groups -OCH3 is 1. The van der Waals surface area contributed by atoms with Gasteiger partial charge in [0.1, 0.15) is 24.4 Å². The normalized spacial score (nSPS) is 24.6. The number of carbonyl (C=O) groups is 2. The summed E-state index contributed by atoms with van der Waals surface area (Å²) in [7, 11) is 1.61. The Morgan fingerprint density at radius 2 is 1.83 bits per heavy atom. The molecule has 0 unspecified atom stereocenters. The first-order valence-corrected chi connectivity index (χ1v) is 11.1. The fraction of sp³-hybridized carbons (Fsp3) is 0.826. The summed E-state index contributed by atoms with van der Waals surface area (Å²) in [5.74, 6) is -0.464. The Hall–Kier alpha value is -1.60. The summed E-state index contributed by atoms with van der Waals surface area (Å²) in [5.41, 5.74) is -0.631. The zero-order valence-corrected chi connectivity index (χ0v) is 19.6. The number of allylic oxidation sites excluding steroid dienone is 1. The number of hydrogen-bond donors (Lipinski definition) is 1. The van der Waals surface area contributed by atoms with Crippen molar-refractivity contribution in [2.24, 2.45) is 5.92 Å². The molecule has 1 aliphatic heterocycles. The third-order valence-electron chi connectivity index (χ3n) is 4.88. The molecule has 0 aromatic heterocycles. The van der Waals surface area contributed by atoms with Crippen molar-refractivity contribution < 1.29 is 28.5 Å². The number of nitrogens with one attached hydrogen (secondary N) is 1. The van der Waals surface area contributed by atoms with Crippen LogP contribution < -0.4 is 5.32 Å². The molecule has 0 aromatic carbocycles. The first-order valence-electron chi connectivity index (χ1n) is 11.1. The van der Waals surface area contributed by atoms with Crippen molar-refractivity contribution in [3.8, 4) is 0 Å². The molecule has 1 rings (SSSR count). The van der Waals surface area contributed by atoms with Crippen LogP contribution in [0.2, 0.25) is 0 Å². The first kappa shape index (κ1) is 26.4. The molecule has 0 aliphatic carbocycles. The van der Waals surface area contributed by atoms with E-state index in [-0.39, 0.29) is 24.7 Å². The van der Waals surface area contributed by atoms with Crippen LogP contribution in [0, 0.1) is 5.92 Å². The number of unbranched alkanes of at least 4 members (excludes halogenated alkanes) is 5. The Morgan fingerprint density at radius 3 is 2.47 bits per heavy atom. The van der Waals surface area contributed by atoms with Gasteiger partial charge in [0.05, 0.1) is 6.61 Å². The molecule has 1 fully saturated rings. The van der Waals surface area contributed by atoms with Crippen LogP contribution in [-0.4, -0.2) is 56.2 Å². The summed E-state index contributed by atoms with van der Waals surface area (Å²) in [6.45, 7) is 9.75. The first-order chi connectivity index (χ1) is 14.2. The monoisotopic (exact) mass is 427 g/mol. The third kappa shape index (κ3) is 10.4. The standard InChI is InChI=1S/C23H41NO6/c1-7-8-9-10-11-12-13-14-18-21(20(27-6)17(2)16-28-18)29-19(25)15-24-22(26)30-23(3,4)5/h13-14,17-18,20-21H,7-12,15-16H2,1-6H3,(H,24,26)/b14-13-/t17-,18-,20-,21-/m0/s1. The van der Waals surface area contributed by atoms with Crippen molar-refractivity contribution in [2.45, 2.75) is 97.1 Å². The Kier molecular flexibility index (Phi) is 12.0. The SMILES string of the molecule is CCCCCCC/C=C\[C@@H]1OC[C@H](C)[C@H](OC)[C@H]1OC(=O)CNC(=O)OC(C)(C)C. The highest BCUT2D eigenvalue weighted by atomic mass is 16.6. The minimum atomic E-state index is -0.657. The van der Waals surface area contributed by atoms with Gasteiger partial charge >= 0.3 is 12.1 Å². The highest BCUT2D eigenvalue weighted by Gasteiger charge is 2.40. The molecule has 174 valence electrons. The van der Waals surface area contributed by atoms with E-state index in [2.05, 4.69) is 18.3 Å². The number of rotatable bonds is 11. The fourth-order valence-corrected chi connectivity index (χ4v) is 3.38. The Morgan fingerprint density at radius 1 is 1.13 bits per heavy atom. The number of amides is 1. The van der Waals surface area contributed by atoms with Crippen molar-refractivity contribution in [3.05, 3.63) is 12.2 Å². The van der Waals surface area contributed by atoms with E-state index in [1.807, 2.05) is 13.0 Å². The average Bonchev–Trinajstić information content (AvgIpc) is 2.66. The molecule has 0 saturated carbocycles. The van der Waals surface area contributed by atoms with E-state index in [9.17, 15) is 9.59 Å². The van der Waals surface area contributed by atoms with Crippen LogP contribution in [0.15, 0.2) is 12.2 Å². The van der Waals surface area contributed by atoms with Crippen LogP contribution in [0.3, 0.4) is 0 Å². The summed E-state index contributed by atoms with van der Waals surface area (Å²) in [6, 6.07) is 0. The van der Waals surface area contributed by atoms with Crippen molar-refractivity contribution >= 4 is 12.1 Å². The fourth-order valence-electron chi connectivity index (χ4n) is 3.38. The lowest BCUT2D eigenvalue weighted by Crippen LogP contribution is -2.52. The van der Waals surface area contributed by atoms with Crippen LogP contribution in [0.1, 0.15) is 73.1 Å². The van der Waals surface area contributed by atoms with Gasteiger partial charge in [-0.2, -0.15) is 0 Å². The number of alkyl carbamates (subject to hydrolysis) is 1. The molecule has 0 aromatic rings. The maximum atomic E-state index is 12.3. The van der Waals surface area contributed by atoms with Crippen molar-refractivity contribution in [3.63, 3.8) is 0 Å². The summed E-state index contributed by atoms with van der Waals surface area (Å²) in [4.78, 5) is 24.1. The maximum Gasteiger partial charge on any atom is 0.408 e. The summed E-state index contributed by atoms with van der Waals surface area (Å²) in [6.07, 6.45) is 9.30. The van der Waals surface area contributed by atoms with Crippen molar-refractivity contribution in [1.29, 1.82) is 0 Å². The summed E-state index contributed by atoms with van der Waals surface area (Å²) in [5, 5.41) is 2.43. The number of esters is 1. The quantitative estimate of drug-likeness (QED) is 0.299. The van der Waals surface area contributed by atoms with Crippen LogP contribution >= 0.6 is 0 Å². The van der Waals surface area contributed by atoms with Gasteiger partial charge in [-0.25, -0.2) is 4.79 Å². The van der Waals surface area contributed by atoms with Gasteiger partial charge in [-0.15, -0.1) is 0 Å². The highest BCUT2D eigenvalue weighted by Crippen LogP contribution is 2.26. The molecule has 30 heavy (non-hydrogen) atoms. The van der Waals surface area contributed by atoms with Gasteiger partial charge in [0.25, 0.3) is 0 Å². The molecule has 1 aliphatic rings. The van der Waals surface area contributed by atoms with E-state index < -0.39 is 23.8 Å². The van der Waals surface area contributed by atoms with Crippen LogP contribution in [0.5, 0.6) is 0 Å². The lowest BCUT2D eigenvalue weighted by atomic mass is 9.93. The van der Waals surface area contributed by atoms with Gasteiger partial charge in [0.15, 0.2) is 6.10 Å². The largest absolute Gasteiger partial charge is 0.455 e. The zero-order chi connectivity index (χ0) is 22.6. The minimum absolute atomic E-state index is 0.0882. The molecule has 4 atom stereocenters. The molecule has 7 nitrogen and oxygen atoms in total. The van der Waals surface area contributed by atoms with Gasteiger partial charge < -0.3 is 24.3 Å². The molecule has 1 heterocycles. The predicted octanol–water partition coefficient (Wildman–Crippen LogP) is 4.39. The molecule has 1 amide bonds. The maximum absolute atomic E-state index is 12.3. The van der Waals surface area contributed by atoms with E-state index in [1.54, 1.807) is 27.9 Å². The zero-order valence-electron chi connectivity index (χ0n) is 19.6. The second-order valence-corrected chi connectivity index (χ2v) is 8.92. The topological polar surface area (TPSA) is 83.1 Å². The third-order valence-corrected chi connectivity index (χ3v) is 4.88. The summed E-state index contributed by atoms with van der Waals surface area (Å²) >= 11 is 0. The smallest absolute Gasteiger partial charge is 0.408 e. The van der Waals surface area contributed by atoms with Crippen molar-refractivity contribution in [1.82, 2.24) is 5.32 Å². The molecule has 1 saturated heterocycles. The van der Waals surface area contributed by atoms with E-state index in [0.717, 1.165) is 12.8 Å². The molecule has 0 radical (unpaired) electrons. The van der Waals surface area contributed by atoms with E-state index in [1.165, 1.54) is 25.7 Å². The van der Waals surface area contributed by atoms with Crippen molar-refractivity contribution in [2.75, 3.05) is 20.3 Å². The lowest BCUT2D eigenvalue weighted by molar-refractivity contribution is -0.189. The molecular formula is C23H41NO6. The summed E-state index contributed by atoms with van der Waals surface area (Å²) < 4.78 is 22.3. The number of ether oxygens (including phenoxy) is 4. The molecule has 1 N–H and O–H groups in total. The highest BCUT2D eigenvalue weighted by molar-refractivity contribution is 5.78. The molecule has 0 bridgehead atoms. The van der Waals surface area contributed by atoms with Crippen LogP contribution in [0.25, 0.3) is 0 Å².